The van der Waals surface area contributed by atoms with E-state index in [2.05, 4.69) is 5.32 Å². The Morgan fingerprint density at radius 2 is 2.11 bits per heavy atom. The predicted octanol–water partition coefficient (Wildman–Crippen LogP) is 2.42. The highest BCUT2D eigenvalue weighted by molar-refractivity contribution is 5.94. The topological polar surface area (TPSA) is 49.3 Å². The Bertz CT molecular complexity index is 441. The number of benzene rings is 1. The summed E-state index contributed by atoms with van der Waals surface area (Å²) >= 11 is 0. The van der Waals surface area contributed by atoms with Crippen molar-refractivity contribution < 1.29 is 14.3 Å². The van der Waals surface area contributed by atoms with Crippen molar-refractivity contribution in [1.29, 1.82) is 0 Å². The van der Waals surface area contributed by atoms with Crippen LogP contribution in [0.25, 0.3) is 0 Å². The molecule has 1 aromatic rings. The molecule has 0 heterocycles. The van der Waals surface area contributed by atoms with Crippen LogP contribution < -0.4 is 5.32 Å². The Morgan fingerprint density at radius 1 is 1.37 bits per heavy atom. The number of carbonyl (C=O) groups is 1. The van der Waals surface area contributed by atoms with E-state index in [1.54, 1.807) is 13.0 Å². The van der Waals surface area contributed by atoms with Gasteiger partial charge in [-0.2, -0.15) is 0 Å². The van der Waals surface area contributed by atoms with Crippen molar-refractivity contribution in [2.24, 2.45) is 5.92 Å². The van der Waals surface area contributed by atoms with E-state index in [0.29, 0.717) is 5.56 Å². The lowest BCUT2D eigenvalue weighted by molar-refractivity contribution is 0.0872. The molecule has 1 aromatic carbocycles. The molecule has 0 aromatic heterocycles. The first kappa shape index (κ1) is 14.0. The van der Waals surface area contributed by atoms with E-state index in [9.17, 15) is 14.3 Å². The van der Waals surface area contributed by atoms with Crippen LogP contribution in [0, 0.1) is 18.7 Å². The molecule has 0 radical (unpaired) electrons. The summed E-state index contributed by atoms with van der Waals surface area (Å²) in [7, 11) is 0. The number of halogens is 1. The van der Waals surface area contributed by atoms with Crippen molar-refractivity contribution in [2.45, 2.75) is 38.6 Å². The summed E-state index contributed by atoms with van der Waals surface area (Å²) in [5.74, 6) is -0.534. The van der Waals surface area contributed by atoms with Gasteiger partial charge in [0.05, 0.1) is 0 Å². The van der Waals surface area contributed by atoms with Crippen LogP contribution in [0.1, 0.15) is 41.6 Å². The van der Waals surface area contributed by atoms with Gasteiger partial charge >= 0.3 is 0 Å². The fraction of sp³-hybridized carbons (Fsp3) is 0.533. The van der Waals surface area contributed by atoms with Crippen molar-refractivity contribution in [2.75, 3.05) is 6.61 Å². The SMILES string of the molecule is Cc1cc(F)cc(C(=O)NC2CCCCC2CO)c1. The summed E-state index contributed by atoms with van der Waals surface area (Å²) < 4.78 is 13.3. The second kappa shape index (κ2) is 6.15. The summed E-state index contributed by atoms with van der Waals surface area (Å²) in [4.78, 5) is 12.1. The molecule has 1 aliphatic carbocycles. The first-order chi connectivity index (χ1) is 9.10. The van der Waals surface area contributed by atoms with Gasteiger partial charge in [0.15, 0.2) is 0 Å². The third-order valence-corrected chi connectivity index (χ3v) is 3.76. The molecule has 1 amide bonds. The summed E-state index contributed by atoms with van der Waals surface area (Å²) in [6, 6.07) is 4.32. The van der Waals surface area contributed by atoms with E-state index in [4.69, 9.17) is 0 Å². The third-order valence-electron chi connectivity index (χ3n) is 3.76. The monoisotopic (exact) mass is 265 g/mol. The summed E-state index contributed by atoms with van der Waals surface area (Å²) in [5, 5.41) is 12.2. The molecule has 1 aliphatic rings. The molecule has 2 unspecified atom stereocenters. The first-order valence-electron chi connectivity index (χ1n) is 6.79. The van der Waals surface area contributed by atoms with Gasteiger partial charge in [0.25, 0.3) is 5.91 Å². The average molecular weight is 265 g/mol. The van der Waals surface area contributed by atoms with Crippen LogP contribution in [0.5, 0.6) is 0 Å². The molecule has 0 aliphatic heterocycles. The second-order valence-corrected chi connectivity index (χ2v) is 5.32. The minimum Gasteiger partial charge on any atom is -0.396 e. The maximum Gasteiger partial charge on any atom is 0.251 e. The molecule has 2 rings (SSSR count). The molecule has 19 heavy (non-hydrogen) atoms. The number of aliphatic hydroxyl groups excluding tert-OH is 1. The van der Waals surface area contributed by atoms with Crippen molar-refractivity contribution in [3.63, 3.8) is 0 Å². The summed E-state index contributed by atoms with van der Waals surface area (Å²) in [6.07, 6.45) is 3.97. The molecule has 2 atom stereocenters. The molecule has 4 heteroatoms. The first-order valence-corrected chi connectivity index (χ1v) is 6.79. The van der Waals surface area contributed by atoms with E-state index in [1.165, 1.54) is 12.1 Å². The van der Waals surface area contributed by atoms with Gasteiger partial charge in [-0.15, -0.1) is 0 Å². The predicted molar refractivity (Wildman–Crippen MR) is 71.4 cm³/mol. The number of nitrogens with one attached hydrogen (secondary N) is 1. The molecule has 2 N–H and O–H groups in total. The van der Waals surface area contributed by atoms with E-state index in [-0.39, 0.29) is 24.5 Å². The fourth-order valence-corrected chi connectivity index (χ4v) is 2.74. The molecular formula is C15H20FNO2. The van der Waals surface area contributed by atoms with Crippen LogP contribution in [-0.4, -0.2) is 23.7 Å². The lowest BCUT2D eigenvalue weighted by atomic mass is 9.85. The highest BCUT2D eigenvalue weighted by atomic mass is 19.1. The Balaban J connectivity index is 2.07. The number of carbonyl (C=O) groups excluding carboxylic acids is 1. The number of aryl methyl sites for hydroxylation is 1. The normalized spacial score (nSPS) is 23.1. The van der Waals surface area contributed by atoms with Crippen molar-refractivity contribution in [3.8, 4) is 0 Å². The van der Waals surface area contributed by atoms with Crippen LogP contribution in [0.15, 0.2) is 18.2 Å². The van der Waals surface area contributed by atoms with Gasteiger partial charge in [-0.25, -0.2) is 4.39 Å². The summed E-state index contributed by atoms with van der Waals surface area (Å²) in [5.41, 5.74) is 1.08. The van der Waals surface area contributed by atoms with Gasteiger partial charge in [-0.3, -0.25) is 4.79 Å². The number of aliphatic hydroxyl groups is 1. The Labute approximate surface area is 112 Å². The van der Waals surface area contributed by atoms with Gasteiger partial charge < -0.3 is 10.4 Å². The van der Waals surface area contributed by atoms with Crippen molar-refractivity contribution in [1.82, 2.24) is 5.32 Å². The Morgan fingerprint density at radius 3 is 2.79 bits per heavy atom. The number of rotatable bonds is 3. The zero-order chi connectivity index (χ0) is 13.8. The lowest BCUT2D eigenvalue weighted by Crippen LogP contribution is -2.43. The van der Waals surface area contributed by atoms with Crippen LogP contribution in [0.4, 0.5) is 4.39 Å². The second-order valence-electron chi connectivity index (χ2n) is 5.32. The zero-order valence-corrected chi connectivity index (χ0v) is 11.2. The largest absolute Gasteiger partial charge is 0.396 e. The highest BCUT2D eigenvalue weighted by Crippen LogP contribution is 2.24. The fourth-order valence-electron chi connectivity index (χ4n) is 2.74. The molecule has 1 fully saturated rings. The van der Waals surface area contributed by atoms with Crippen molar-refractivity contribution in [3.05, 3.63) is 35.1 Å². The van der Waals surface area contributed by atoms with Gasteiger partial charge in [-0.05, 0) is 43.5 Å². The minimum absolute atomic E-state index is 0.00479. The minimum atomic E-state index is -0.396. The molecule has 0 bridgehead atoms. The number of hydrogen-bond acceptors (Lipinski definition) is 2. The van der Waals surface area contributed by atoms with Gasteiger partial charge in [-0.1, -0.05) is 12.8 Å². The van der Waals surface area contributed by atoms with Gasteiger partial charge in [0.2, 0.25) is 0 Å². The third kappa shape index (κ3) is 3.53. The molecule has 0 saturated heterocycles. The van der Waals surface area contributed by atoms with Crippen LogP contribution in [0.3, 0.4) is 0 Å². The molecular weight excluding hydrogens is 245 g/mol. The standard InChI is InChI=1S/C15H20FNO2/c1-10-6-12(8-13(16)7-10)15(19)17-14-5-3-2-4-11(14)9-18/h6-8,11,14,18H,2-5,9H2,1H3,(H,17,19). The van der Waals surface area contributed by atoms with Crippen LogP contribution in [0.2, 0.25) is 0 Å². The maximum absolute atomic E-state index is 13.3. The Kier molecular flexibility index (Phi) is 4.53. The Hall–Kier alpha value is -1.42. The number of hydrogen-bond donors (Lipinski definition) is 2. The van der Waals surface area contributed by atoms with Crippen LogP contribution >= 0.6 is 0 Å². The quantitative estimate of drug-likeness (QED) is 0.881. The van der Waals surface area contributed by atoms with Crippen molar-refractivity contribution >= 4 is 5.91 Å². The van der Waals surface area contributed by atoms with Gasteiger partial charge in [0.1, 0.15) is 5.82 Å². The summed E-state index contributed by atoms with van der Waals surface area (Å²) in [6.45, 7) is 1.85. The average Bonchev–Trinajstić information content (AvgIpc) is 2.38. The van der Waals surface area contributed by atoms with E-state index in [1.807, 2.05) is 0 Å². The zero-order valence-electron chi connectivity index (χ0n) is 11.2. The van der Waals surface area contributed by atoms with E-state index >= 15 is 0 Å². The van der Waals surface area contributed by atoms with Crippen LogP contribution in [-0.2, 0) is 0 Å². The molecule has 0 spiro atoms. The van der Waals surface area contributed by atoms with Gasteiger partial charge in [0, 0.05) is 24.1 Å². The van der Waals surface area contributed by atoms with E-state index < -0.39 is 5.82 Å². The molecule has 1 saturated carbocycles. The lowest BCUT2D eigenvalue weighted by Gasteiger charge is -2.30. The highest BCUT2D eigenvalue weighted by Gasteiger charge is 2.26. The smallest absolute Gasteiger partial charge is 0.251 e. The number of amides is 1. The molecule has 104 valence electrons. The molecule has 3 nitrogen and oxygen atoms in total. The maximum atomic E-state index is 13.3. The van der Waals surface area contributed by atoms with E-state index in [0.717, 1.165) is 31.2 Å².